The SMILES string of the molecule is CCN(CC)C(=O)N(Cc1ccc(-c2nnc(C(F)(F)F)o2)cc1)C1CCCC1. The molecule has 1 aliphatic carbocycles. The summed E-state index contributed by atoms with van der Waals surface area (Å²) in [4.78, 5) is 16.7. The number of carbonyl (C=O) groups is 1. The summed E-state index contributed by atoms with van der Waals surface area (Å²) in [5.74, 6) is -1.55. The molecule has 0 aliphatic heterocycles. The molecule has 1 aromatic carbocycles. The number of aromatic nitrogens is 2. The first kappa shape index (κ1) is 21.1. The molecule has 29 heavy (non-hydrogen) atoms. The molecule has 6 nitrogen and oxygen atoms in total. The number of rotatable bonds is 6. The van der Waals surface area contributed by atoms with Gasteiger partial charge in [0.2, 0.25) is 5.89 Å². The molecular formula is C20H25F3N4O2. The van der Waals surface area contributed by atoms with Crippen LogP contribution >= 0.6 is 0 Å². The van der Waals surface area contributed by atoms with Gasteiger partial charge >= 0.3 is 18.1 Å². The zero-order valence-corrected chi connectivity index (χ0v) is 16.6. The molecule has 0 N–H and O–H groups in total. The largest absolute Gasteiger partial charge is 0.470 e. The van der Waals surface area contributed by atoms with Gasteiger partial charge in [-0.15, -0.1) is 10.2 Å². The van der Waals surface area contributed by atoms with Gasteiger partial charge in [-0.1, -0.05) is 25.0 Å². The molecule has 1 saturated carbocycles. The van der Waals surface area contributed by atoms with Crippen LogP contribution in [0, 0.1) is 0 Å². The molecule has 0 spiro atoms. The zero-order chi connectivity index (χ0) is 21.0. The summed E-state index contributed by atoms with van der Waals surface area (Å²) in [5.41, 5.74) is 1.30. The Morgan fingerprint density at radius 3 is 2.24 bits per heavy atom. The minimum Gasteiger partial charge on any atom is -0.413 e. The van der Waals surface area contributed by atoms with Crippen molar-refractivity contribution in [2.24, 2.45) is 0 Å². The molecule has 9 heteroatoms. The number of carbonyl (C=O) groups excluding carboxylic acids is 1. The van der Waals surface area contributed by atoms with Gasteiger partial charge in [-0.2, -0.15) is 13.2 Å². The number of alkyl halides is 3. The highest BCUT2D eigenvalue weighted by Crippen LogP contribution is 2.31. The predicted octanol–water partition coefficient (Wildman–Crippen LogP) is 4.96. The van der Waals surface area contributed by atoms with Crippen molar-refractivity contribution >= 4 is 6.03 Å². The third-order valence-electron chi connectivity index (χ3n) is 5.27. The first-order chi connectivity index (χ1) is 13.8. The molecule has 158 valence electrons. The van der Waals surface area contributed by atoms with Crippen LogP contribution in [0.3, 0.4) is 0 Å². The average molecular weight is 410 g/mol. The second kappa shape index (κ2) is 8.84. The zero-order valence-electron chi connectivity index (χ0n) is 16.6. The topological polar surface area (TPSA) is 62.5 Å². The molecule has 2 amide bonds. The van der Waals surface area contributed by atoms with Crippen LogP contribution in [-0.4, -0.2) is 45.2 Å². The smallest absolute Gasteiger partial charge is 0.413 e. The van der Waals surface area contributed by atoms with E-state index >= 15 is 0 Å². The van der Waals surface area contributed by atoms with Crippen LogP contribution in [0.15, 0.2) is 28.7 Å². The molecule has 0 unspecified atom stereocenters. The van der Waals surface area contributed by atoms with E-state index in [-0.39, 0.29) is 18.0 Å². The van der Waals surface area contributed by atoms with Gasteiger partial charge in [0.15, 0.2) is 0 Å². The Morgan fingerprint density at radius 1 is 1.10 bits per heavy atom. The molecule has 1 aromatic heterocycles. The Labute approximate surface area is 167 Å². The van der Waals surface area contributed by atoms with Crippen molar-refractivity contribution in [2.75, 3.05) is 13.1 Å². The number of urea groups is 1. The van der Waals surface area contributed by atoms with E-state index in [1.165, 1.54) is 0 Å². The van der Waals surface area contributed by atoms with Crippen molar-refractivity contribution in [2.45, 2.75) is 58.3 Å². The lowest BCUT2D eigenvalue weighted by Crippen LogP contribution is -2.46. The van der Waals surface area contributed by atoms with Gasteiger partial charge < -0.3 is 14.2 Å². The third kappa shape index (κ3) is 4.89. The van der Waals surface area contributed by atoms with Gasteiger partial charge in [-0.3, -0.25) is 0 Å². The number of hydrogen-bond donors (Lipinski definition) is 0. The van der Waals surface area contributed by atoms with E-state index in [1.54, 1.807) is 24.3 Å². The molecule has 1 heterocycles. The van der Waals surface area contributed by atoms with Crippen molar-refractivity contribution in [1.82, 2.24) is 20.0 Å². The lowest BCUT2D eigenvalue weighted by molar-refractivity contribution is -0.156. The quantitative estimate of drug-likeness (QED) is 0.675. The highest BCUT2D eigenvalue weighted by molar-refractivity contribution is 5.75. The van der Waals surface area contributed by atoms with Crippen LogP contribution in [-0.2, 0) is 12.7 Å². The summed E-state index contributed by atoms with van der Waals surface area (Å²) in [7, 11) is 0. The van der Waals surface area contributed by atoms with Crippen LogP contribution in [0.4, 0.5) is 18.0 Å². The maximum Gasteiger partial charge on any atom is 0.470 e. The maximum absolute atomic E-state index is 13.0. The Bertz CT molecular complexity index is 810. The lowest BCUT2D eigenvalue weighted by Gasteiger charge is -2.34. The van der Waals surface area contributed by atoms with Crippen molar-refractivity contribution in [1.29, 1.82) is 0 Å². The summed E-state index contributed by atoms with van der Waals surface area (Å²) < 4.78 is 42.6. The van der Waals surface area contributed by atoms with Gasteiger partial charge in [0.1, 0.15) is 0 Å². The number of benzene rings is 1. The van der Waals surface area contributed by atoms with Gasteiger partial charge in [-0.25, -0.2) is 4.79 Å². The van der Waals surface area contributed by atoms with Crippen LogP contribution < -0.4 is 0 Å². The molecule has 0 radical (unpaired) electrons. The van der Waals surface area contributed by atoms with Gasteiger partial charge in [-0.05, 0) is 44.4 Å². The lowest BCUT2D eigenvalue weighted by atomic mass is 10.1. The van der Waals surface area contributed by atoms with Gasteiger partial charge in [0.05, 0.1) is 0 Å². The first-order valence-corrected chi connectivity index (χ1v) is 9.89. The predicted molar refractivity (Wildman–Crippen MR) is 101 cm³/mol. The van der Waals surface area contributed by atoms with Crippen molar-refractivity contribution in [3.8, 4) is 11.5 Å². The number of halogens is 3. The third-order valence-corrected chi connectivity index (χ3v) is 5.27. The standard InChI is InChI=1S/C20H25F3N4O2/c1-3-26(4-2)19(28)27(16-7-5-6-8-16)13-14-9-11-15(12-10-14)17-24-25-18(29-17)20(21,22)23/h9-12,16H,3-8,13H2,1-2H3. The highest BCUT2D eigenvalue weighted by atomic mass is 19.4. The van der Waals surface area contributed by atoms with Crippen LogP contribution in [0.25, 0.3) is 11.5 Å². The minimum atomic E-state index is -4.67. The van der Waals surface area contributed by atoms with Crippen LogP contribution in [0.2, 0.25) is 0 Å². The Balaban J connectivity index is 1.76. The van der Waals surface area contributed by atoms with E-state index < -0.39 is 12.1 Å². The first-order valence-electron chi connectivity index (χ1n) is 9.89. The fraction of sp³-hybridized carbons (Fsp3) is 0.550. The molecule has 2 aromatic rings. The van der Waals surface area contributed by atoms with E-state index in [9.17, 15) is 18.0 Å². The molecule has 0 bridgehead atoms. The van der Waals surface area contributed by atoms with Crippen LogP contribution in [0.1, 0.15) is 51.0 Å². The Morgan fingerprint density at radius 2 is 1.72 bits per heavy atom. The number of nitrogens with zero attached hydrogens (tertiary/aromatic N) is 4. The molecular weight excluding hydrogens is 385 g/mol. The Hall–Kier alpha value is -2.58. The van der Waals surface area contributed by atoms with E-state index in [0.717, 1.165) is 31.2 Å². The Kier molecular flexibility index (Phi) is 6.44. The molecule has 1 aliphatic rings. The molecule has 3 rings (SSSR count). The fourth-order valence-corrected chi connectivity index (χ4v) is 3.65. The maximum atomic E-state index is 13.0. The molecule has 0 saturated heterocycles. The van der Waals surface area contributed by atoms with Crippen LogP contribution in [0.5, 0.6) is 0 Å². The summed E-state index contributed by atoms with van der Waals surface area (Å²) in [6.45, 7) is 5.68. The van der Waals surface area contributed by atoms with Crippen molar-refractivity contribution in [3.05, 3.63) is 35.7 Å². The van der Waals surface area contributed by atoms with Crippen molar-refractivity contribution < 1.29 is 22.4 Å². The second-order valence-electron chi connectivity index (χ2n) is 7.13. The monoisotopic (exact) mass is 410 g/mol. The highest BCUT2D eigenvalue weighted by Gasteiger charge is 2.38. The molecule has 0 atom stereocenters. The number of hydrogen-bond acceptors (Lipinski definition) is 4. The van der Waals surface area contributed by atoms with E-state index in [1.807, 2.05) is 23.6 Å². The average Bonchev–Trinajstić information content (AvgIpc) is 3.39. The van der Waals surface area contributed by atoms with Gasteiger partial charge in [0.25, 0.3) is 0 Å². The summed E-state index contributed by atoms with van der Waals surface area (Å²) in [6, 6.07) is 7.08. The minimum absolute atomic E-state index is 0.0256. The summed E-state index contributed by atoms with van der Waals surface area (Å²) >= 11 is 0. The van der Waals surface area contributed by atoms with E-state index in [2.05, 4.69) is 10.2 Å². The van der Waals surface area contributed by atoms with Gasteiger partial charge in [0, 0.05) is 31.2 Å². The van der Waals surface area contributed by atoms with E-state index in [0.29, 0.717) is 25.2 Å². The second-order valence-corrected chi connectivity index (χ2v) is 7.13. The fourth-order valence-electron chi connectivity index (χ4n) is 3.65. The van der Waals surface area contributed by atoms with E-state index in [4.69, 9.17) is 4.42 Å². The molecule has 1 fully saturated rings. The normalized spacial score (nSPS) is 14.9. The summed E-state index contributed by atoms with van der Waals surface area (Å²) in [6.07, 6.45) is -0.451. The summed E-state index contributed by atoms with van der Waals surface area (Å²) in [5, 5.41) is 6.52. The number of amides is 2. The van der Waals surface area contributed by atoms with Crippen molar-refractivity contribution in [3.63, 3.8) is 0 Å².